The maximum Gasteiger partial charge on any atom is 0.317 e. The van der Waals surface area contributed by atoms with E-state index in [9.17, 15) is 14.0 Å². The van der Waals surface area contributed by atoms with Crippen LogP contribution in [0.4, 0.5) is 9.18 Å². The molecule has 0 heterocycles. The van der Waals surface area contributed by atoms with Gasteiger partial charge in [0, 0.05) is 26.7 Å². The zero-order valence-corrected chi connectivity index (χ0v) is 12.9. The smallest absolute Gasteiger partial charge is 0.317 e. The molecule has 0 bridgehead atoms. The summed E-state index contributed by atoms with van der Waals surface area (Å²) in [5.41, 5.74) is 0.663. The summed E-state index contributed by atoms with van der Waals surface area (Å²) in [4.78, 5) is 23.9. The lowest BCUT2D eigenvalue weighted by Gasteiger charge is -2.23. The van der Waals surface area contributed by atoms with Gasteiger partial charge in [-0.05, 0) is 17.7 Å². The first-order chi connectivity index (χ1) is 10.4. The predicted octanol–water partition coefficient (Wildman–Crippen LogP) is 2.11. The molecule has 0 radical (unpaired) electrons. The van der Waals surface area contributed by atoms with Crippen LogP contribution in [-0.4, -0.2) is 48.8 Å². The number of rotatable bonds is 8. The van der Waals surface area contributed by atoms with Gasteiger partial charge in [0.25, 0.3) is 0 Å². The third-order valence-electron chi connectivity index (χ3n) is 2.83. The van der Waals surface area contributed by atoms with Gasteiger partial charge >= 0.3 is 12.0 Å². The summed E-state index contributed by atoms with van der Waals surface area (Å²) in [6.07, 6.45) is -0.160. The first kappa shape index (κ1) is 18.2. The maximum absolute atomic E-state index is 13.1. The van der Waals surface area contributed by atoms with Gasteiger partial charge in [-0.1, -0.05) is 17.7 Å². The molecule has 6 nitrogen and oxygen atoms in total. The molecule has 122 valence electrons. The number of nitrogens with zero attached hydrogens (tertiary/aromatic N) is 1. The van der Waals surface area contributed by atoms with E-state index in [-0.39, 0.29) is 24.5 Å². The lowest BCUT2D eigenvalue weighted by Crippen LogP contribution is -2.41. The molecule has 1 rings (SSSR count). The van der Waals surface area contributed by atoms with Crippen LogP contribution >= 0.6 is 11.6 Å². The van der Waals surface area contributed by atoms with Crippen LogP contribution in [0.1, 0.15) is 12.0 Å². The van der Waals surface area contributed by atoms with Crippen molar-refractivity contribution in [3.8, 4) is 0 Å². The van der Waals surface area contributed by atoms with Crippen molar-refractivity contribution in [2.24, 2.45) is 0 Å². The molecule has 0 spiro atoms. The number of methoxy groups -OCH3 is 1. The van der Waals surface area contributed by atoms with Crippen molar-refractivity contribution in [3.05, 3.63) is 34.6 Å². The Morgan fingerprint density at radius 3 is 2.77 bits per heavy atom. The number of amides is 2. The molecule has 0 atom stereocenters. The summed E-state index contributed by atoms with van der Waals surface area (Å²) in [5, 5.41) is 11.1. The largest absolute Gasteiger partial charge is 0.481 e. The number of urea groups is 1. The van der Waals surface area contributed by atoms with Crippen molar-refractivity contribution < 1.29 is 23.8 Å². The third-order valence-corrected chi connectivity index (χ3v) is 3.11. The standard InChI is InChI=1S/C14H18ClFN2O4/c1-22-7-6-18(14(21)17-5-4-13(19)20)9-10-2-3-12(16)11(15)8-10/h2-3,8H,4-7,9H2,1H3,(H,17,21)(H,19,20). The van der Waals surface area contributed by atoms with Crippen molar-refractivity contribution >= 4 is 23.6 Å². The first-order valence-corrected chi connectivity index (χ1v) is 6.99. The molecule has 0 aliphatic rings. The Kier molecular flexibility index (Phi) is 7.62. The van der Waals surface area contributed by atoms with E-state index in [0.717, 1.165) is 0 Å². The van der Waals surface area contributed by atoms with Gasteiger partial charge in [0.2, 0.25) is 0 Å². The van der Waals surface area contributed by atoms with Crippen molar-refractivity contribution in [1.82, 2.24) is 10.2 Å². The number of halogens is 2. The molecule has 2 N–H and O–H groups in total. The summed E-state index contributed by atoms with van der Waals surface area (Å²) in [6.45, 7) is 0.871. The Morgan fingerprint density at radius 2 is 2.18 bits per heavy atom. The van der Waals surface area contributed by atoms with Gasteiger partial charge in [-0.2, -0.15) is 0 Å². The monoisotopic (exact) mass is 332 g/mol. The van der Waals surface area contributed by atoms with Crippen molar-refractivity contribution in [2.75, 3.05) is 26.8 Å². The van der Waals surface area contributed by atoms with Gasteiger partial charge in [0.1, 0.15) is 5.82 Å². The van der Waals surface area contributed by atoms with E-state index in [0.29, 0.717) is 18.7 Å². The van der Waals surface area contributed by atoms with Crippen molar-refractivity contribution in [3.63, 3.8) is 0 Å². The number of carboxylic acids is 1. The second kappa shape index (κ2) is 9.22. The van der Waals surface area contributed by atoms with Crippen LogP contribution in [0.5, 0.6) is 0 Å². The van der Waals surface area contributed by atoms with Crippen LogP contribution in [0, 0.1) is 5.82 Å². The molecule has 0 aliphatic heterocycles. The molecule has 0 saturated heterocycles. The molecule has 1 aromatic carbocycles. The average molecular weight is 333 g/mol. The molecular formula is C14H18ClFN2O4. The van der Waals surface area contributed by atoms with Crippen LogP contribution in [0.3, 0.4) is 0 Å². The second-order valence-electron chi connectivity index (χ2n) is 4.54. The van der Waals surface area contributed by atoms with Gasteiger partial charge in [-0.25, -0.2) is 9.18 Å². The molecule has 0 aliphatic carbocycles. The Balaban J connectivity index is 2.67. The second-order valence-corrected chi connectivity index (χ2v) is 4.95. The highest BCUT2D eigenvalue weighted by molar-refractivity contribution is 6.30. The number of benzene rings is 1. The quantitative estimate of drug-likeness (QED) is 0.764. The molecule has 0 saturated carbocycles. The molecule has 8 heteroatoms. The van der Waals surface area contributed by atoms with Gasteiger partial charge in [-0.15, -0.1) is 0 Å². The Morgan fingerprint density at radius 1 is 1.45 bits per heavy atom. The molecule has 0 fully saturated rings. The van der Waals surface area contributed by atoms with E-state index >= 15 is 0 Å². The Hall–Kier alpha value is -1.86. The predicted molar refractivity (Wildman–Crippen MR) is 79.3 cm³/mol. The third kappa shape index (κ3) is 6.28. The maximum atomic E-state index is 13.1. The molecule has 2 amide bonds. The topological polar surface area (TPSA) is 78.9 Å². The van der Waals surface area contributed by atoms with E-state index in [1.54, 1.807) is 0 Å². The summed E-state index contributed by atoms with van der Waals surface area (Å²) in [5.74, 6) is -1.52. The van der Waals surface area contributed by atoms with Crippen molar-refractivity contribution in [1.29, 1.82) is 0 Å². The zero-order valence-electron chi connectivity index (χ0n) is 12.1. The van der Waals surface area contributed by atoms with E-state index in [1.807, 2.05) is 0 Å². The zero-order chi connectivity index (χ0) is 16.5. The van der Waals surface area contributed by atoms with Crippen LogP contribution in [0.2, 0.25) is 5.02 Å². The molecule has 1 aromatic rings. The molecule has 0 aromatic heterocycles. The fourth-order valence-corrected chi connectivity index (χ4v) is 1.90. The van der Waals surface area contributed by atoms with Crippen LogP contribution in [0.25, 0.3) is 0 Å². The van der Waals surface area contributed by atoms with E-state index in [2.05, 4.69) is 5.32 Å². The number of ether oxygens (including phenoxy) is 1. The fourth-order valence-electron chi connectivity index (χ4n) is 1.70. The minimum Gasteiger partial charge on any atom is -0.481 e. The first-order valence-electron chi connectivity index (χ1n) is 6.61. The SMILES string of the molecule is COCCN(Cc1ccc(F)c(Cl)c1)C(=O)NCCC(=O)O. The number of hydrogen-bond donors (Lipinski definition) is 2. The Labute approximate surface area is 132 Å². The molecular weight excluding hydrogens is 315 g/mol. The van der Waals surface area contributed by atoms with Gasteiger partial charge in [0.15, 0.2) is 0 Å². The van der Waals surface area contributed by atoms with E-state index in [4.69, 9.17) is 21.4 Å². The number of carboxylic acid groups (broad SMARTS) is 1. The van der Waals surface area contributed by atoms with Crippen LogP contribution in [-0.2, 0) is 16.1 Å². The summed E-state index contributed by atoms with van der Waals surface area (Å²) in [6, 6.07) is 3.79. The van der Waals surface area contributed by atoms with Crippen molar-refractivity contribution in [2.45, 2.75) is 13.0 Å². The minimum absolute atomic E-state index is 0.0181. The van der Waals surface area contributed by atoms with Gasteiger partial charge in [-0.3, -0.25) is 4.79 Å². The highest BCUT2D eigenvalue weighted by atomic mass is 35.5. The van der Waals surface area contributed by atoms with E-state index in [1.165, 1.54) is 30.2 Å². The highest BCUT2D eigenvalue weighted by Crippen LogP contribution is 2.17. The summed E-state index contributed by atoms with van der Waals surface area (Å²) in [7, 11) is 1.51. The normalized spacial score (nSPS) is 10.3. The highest BCUT2D eigenvalue weighted by Gasteiger charge is 2.14. The number of nitrogens with one attached hydrogen (secondary N) is 1. The molecule has 22 heavy (non-hydrogen) atoms. The molecule has 0 unspecified atom stereocenters. The number of carbonyl (C=O) groups excluding carboxylic acids is 1. The summed E-state index contributed by atoms with van der Waals surface area (Å²) < 4.78 is 18.1. The minimum atomic E-state index is -0.992. The van der Waals surface area contributed by atoms with Crippen LogP contribution < -0.4 is 5.32 Å². The van der Waals surface area contributed by atoms with Crippen LogP contribution in [0.15, 0.2) is 18.2 Å². The number of carbonyl (C=O) groups is 2. The van der Waals surface area contributed by atoms with Gasteiger partial charge < -0.3 is 20.1 Å². The lowest BCUT2D eigenvalue weighted by atomic mass is 10.2. The Bertz CT molecular complexity index is 528. The van der Waals surface area contributed by atoms with Gasteiger partial charge in [0.05, 0.1) is 18.1 Å². The average Bonchev–Trinajstić information content (AvgIpc) is 2.46. The number of aliphatic carboxylic acids is 1. The number of hydrogen-bond acceptors (Lipinski definition) is 3. The van der Waals surface area contributed by atoms with E-state index < -0.39 is 17.8 Å². The summed E-state index contributed by atoms with van der Waals surface area (Å²) >= 11 is 5.72. The lowest BCUT2D eigenvalue weighted by molar-refractivity contribution is -0.136. The fraction of sp³-hybridized carbons (Fsp3) is 0.429.